The molecule has 6 nitrogen and oxygen atoms in total. The highest BCUT2D eigenvalue weighted by molar-refractivity contribution is 7.10. The van der Waals surface area contributed by atoms with Crippen molar-refractivity contribution >= 4 is 28.8 Å². The maximum absolute atomic E-state index is 12.6. The molecule has 1 saturated heterocycles. The fourth-order valence-electron chi connectivity index (χ4n) is 3.25. The average molecular weight is 384 g/mol. The summed E-state index contributed by atoms with van der Waals surface area (Å²) >= 11 is 7.66. The maximum atomic E-state index is 12.6. The molecule has 0 bridgehead atoms. The Morgan fingerprint density at radius 3 is 3.08 bits per heavy atom. The Morgan fingerprint density at radius 1 is 1.56 bits per heavy atom. The number of aromatic nitrogens is 2. The lowest BCUT2D eigenvalue weighted by Gasteiger charge is -2.35. The van der Waals surface area contributed by atoms with Crippen LogP contribution in [0.15, 0.2) is 16.0 Å². The van der Waals surface area contributed by atoms with E-state index in [9.17, 15) is 4.79 Å². The number of hydrogen-bond acceptors (Lipinski definition) is 6. The van der Waals surface area contributed by atoms with Crippen LogP contribution < -0.4 is 0 Å². The summed E-state index contributed by atoms with van der Waals surface area (Å²) in [6.07, 6.45) is 3.52. The van der Waals surface area contributed by atoms with Crippen molar-refractivity contribution in [1.29, 1.82) is 0 Å². The standard InChI is InChI=1S/C17H22ClN3O3S/c1-3-14-19-15(24-20-14)9-23-10-16(22)21-6-4-5-17(21,2)8-13-7-12(18)11-25-13/h7,11H,3-6,8-10H2,1-2H3/t17-/m1/s1. The quantitative estimate of drug-likeness (QED) is 0.732. The van der Waals surface area contributed by atoms with Crippen molar-refractivity contribution in [3.63, 3.8) is 0 Å². The number of hydrogen-bond donors (Lipinski definition) is 0. The van der Waals surface area contributed by atoms with Gasteiger partial charge in [0, 0.05) is 35.2 Å². The zero-order chi connectivity index (χ0) is 17.9. The summed E-state index contributed by atoms with van der Waals surface area (Å²) in [5.41, 5.74) is -0.186. The highest BCUT2D eigenvalue weighted by atomic mass is 35.5. The molecule has 0 unspecified atom stereocenters. The van der Waals surface area contributed by atoms with Gasteiger partial charge in [0.25, 0.3) is 5.89 Å². The first-order valence-electron chi connectivity index (χ1n) is 8.43. The number of aryl methyl sites for hydroxylation is 1. The number of nitrogens with zero attached hydrogens (tertiary/aromatic N) is 3. The van der Waals surface area contributed by atoms with Crippen molar-refractivity contribution in [3.05, 3.63) is 33.1 Å². The fourth-order valence-corrected chi connectivity index (χ4v) is 4.50. The third kappa shape index (κ3) is 4.40. The molecule has 25 heavy (non-hydrogen) atoms. The van der Waals surface area contributed by atoms with Gasteiger partial charge in [-0.1, -0.05) is 23.7 Å². The SMILES string of the molecule is CCc1noc(COCC(=O)N2CCC[C@]2(C)Cc2cc(Cl)cs2)n1. The first-order chi connectivity index (χ1) is 12.0. The summed E-state index contributed by atoms with van der Waals surface area (Å²) < 4.78 is 10.6. The molecule has 2 aromatic heterocycles. The van der Waals surface area contributed by atoms with Gasteiger partial charge in [-0.05, 0) is 25.8 Å². The molecule has 3 rings (SSSR count). The molecule has 0 aromatic carbocycles. The molecule has 1 amide bonds. The largest absolute Gasteiger partial charge is 0.362 e. The van der Waals surface area contributed by atoms with Crippen molar-refractivity contribution in [2.75, 3.05) is 13.2 Å². The van der Waals surface area contributed by atoms with Crippen LogP contribution in [-0.2, 0) is 29.0 Å². The molecule has 0 radical (unpaired) electrons. The summed E-state index contributed by atoms with van der Waals surface area (Å²) in [5.74, 6) is 1.05. The lowest BCUT2D eigenvalue weighted by atomic mass is 9.93. The average Bonchev–Trinajstić information content (AvgIpc) is 3.28. The van der Waals surface area contributed by atoms with Crippen molar-refractivity contribution in [3.8, 4) is 0 Å². The van der Waals surface area contributed by atoms with Crippen molar-refractivity contribution in [1.82, 2.24) is 15.0 Å². The van der Waals surface area contributed by atoms with Gasteiger partial charge >= 0.3 is 0 Å². The topological polar surface area (TPSA) is 68.5 Å². The minimum absolute atomic E-state index is 0.00196. The van der Waals surface area contributed by atoms with E-state index in [0.29, 0.717) is 18.1 Å². The summed E-state index contributed by atoms with van der Waals surface area (Å²) in [4.78, 5) is 19.9. The third-order valence-corrected chi connectivity index (χ3v) is 5.79. The van der Waals surface area contributed by atoms with E-state index in [1.807, 2.05) is 23.3 Å². The second-order valence-corrected chi connectivity index (χ2v) is 7.94. The molecule has 0 spiro atoms. The van der Waals surface area contributed by atoms with E-state index < -0.39 is 0 Å². The molecule has 0 N–H and O–H groups in total. The Labute approximate surface area is 156 Å². The molecule has 1 aliphatic rings. The number of carbonyl (C=O) groups is 1. The van der Waals surface area contributed by atoms with Gasteiger partial charge in [-0.15, -0.1) is 11.3 Å². The summed E-state index contributed by atoms with van der Waals surface area (Å²) in [5, 5.41) is 6.50. The molecule has 136 valence electrons. The predicted octanol–water partition coefficient (Wildman–Crippen LogP) is 3.49. The monoisotopic (exact) mass is 383 g/mol. The Kier molecular flexibility index (Phi) is 5.76. The van der Waals surface area contributed by atoms with E-state index in [-0.39, 0.29) is 24.7 Å². The van der Waals surface area contributed by atoms with Crippen LogP contribution in [0.25, 0.3) is 0 Å². The van der Waals surface area contributed by atoms with Crippen LogP contribution in [0.1, 0.15) is 43.3 Å². The summed E-state index contributed by atoms with van der Waals surface area (Å²) in [7, 11) is 0. The molecule has 1 aliphatic heterocycles. The van der Waals surface area contributed by atoms with Gasteiger partial charge in [-0.25, -0.2) is 0 Å². The Bertz CT molecular complexity index is 732. The van der Waals surface area contributed by atoms with Gasteiger partial charge < -0.3 is 14.2 Å². The van der Waals surface area contributed by atoms with Crippen molar-refractivity contribution in [2.24, 2.45) is 0 Å². The lowest BCUT2D eigenvalue weighted by molar-refractivity contribution is -0.140. The van der Waals surface area contributed by atoms with E-state index in [1.54, 1.807) is 11.3 Å². The molecular weight excluding hydrogens is 362 g/mol. The molecule has 0 aliphatic carbocycles. The Morgan fingerprint density at radius 2 is 2.40 bits per heavy atom. The molecule has 1 fully saturated rings. The van der Waals surface area contributed by atoms with Gasteiger partial charge in [-0.2, -0.15) is 4.98 Å². The summed E-state index contributed by atoms with van der Waals surface area (Å²) in [6.45, 7) is 5.03. The zero-order valence-corrected chi connectivity index (χ0v) is 16.0. The number of ether oxygens (including phenoxy) is 1. The van der Waals surface area contributed by atoms with E-state index in [4.69, 9.17) is 20.9 Å². The number of likely N-dealkylation sites (tertiary alicyclic amines) is 1. The van der Waals surface area contributed by atoms with Gasteiger partial charge in [0.05, 0.1) is 5.02 Å². The number of halogens is 1. The first kappa shape index (κ1) is 18.4. The van der Waals surface area contributed by atoms with Gasteiger partial charge in [0.1, 0.15) is 13.2 Å². The van der Waals surface area contributed by atoms with Crippen LogP contribution in [0, 0.1) is 0 Å². The molecule has 8 heteroatoms. The van der Waals surface area contributed by atoms with Crippen LogP contribution in [0.4, 0.5) is 0 Å². The van der Waals surface area contributed by atoms with Crippen molar-refractivity contribution in [2.45, 2.75) is 51.7 Å². The van der Waals surface area contributed by atoms with Crippen LogP contribution >= 0.6 is 22.9 Å². The number of carbonyl (C=O) groups excluding carboxylic acids is 1. The molecule has 2 aromatic rings. The molecule has 0 saturated carbocycles. The van der Waals surface area contributed by atoms with Gasteiger partial charge in [0.2, 0.25) is 5.91 Å². The molecular formula is C17H22ClN3O3S. The molecule has 1 atom stereocenters. The predicted molar refractivity (Wildman–Crippen MR) is 95.7 cm³/mol. The van der Waals surface area contributed by atoms with Gasteiger partial charge in [0.15, 0.2) is 5.82 Å². The lowest BCUT2D eigenvalue weighted by Crippen LogP contribution is -2.47. The van der Waals surface area contributed by atoms with Crippen LogP contribution in [0.3, 0.4) is 0 Å². The van der Waals surface area contributed by atoms with Crippen molar-refractivity contribution < 1.29 is 14.1 Å². The van der Waals surface area contributed by atoms with Crippen LogP contribution in [-0.4, -0.2) is 39.6 Å². The second-order valence-electron chi connectivity index (χ2n) is 6.50. The highest BCUT2D eigenvalue weighted by Gasteiger charge is 2.39. The van der Waals surface area contributed by atoms with Gasteiger partial charge in [-0.3, -0.25) is 4.79 Å². The number of rotatable bonds is 7. The number of thiophene rings is 1. The zero-order valence-electron chi connectivity index (χ0n) is 14.5. The highest BCUT2D eigenvalue weighted by Crippen LogP contribution is 2.34. The van der Waals surface area contributed by atoms with E-state index >= 15 is 0 Å². The normalized spacial score (nSPS) is 20.4. The minimum atomic E-state index is -0.186. The Balaban J connectivity index is 1.54. The van der Waals surface area contributed by atoms with Crippen LogP contribution in [0.5, 0.6) is 0 Å². The smallest absolute Gasteiger partial charge is 0.252 e. The fraction of sp³-hybridized carbons (Fsp3) is 0.588. The molecule has 3 heterocycles. The maximum Gasteiger partial charge on any atom is 0.252 e. The van der Waals surface area contributed by atoms with E-state index in [2.05, 4.69) is 17.1 Å². The minimum Gasteiger partial charge on any atom is -0.362 e. The summed E-state index contributed by atoms with van der Waals surface area (Å²) in [6, 6.07) is 1.98. The number of amides is 1. The van der Waals surface area contributed by atoms with E-state index in [0.717, 1.165) is 30.8 Å². The van der Waals surface area contributed by atoms with Crippen LogP contribution in [0.2, 0.25) is 5.02 Å². The Hall–Kier alpha value is -1.44. The second kappa shape index (κ2) is 7.85. The first-order valence-corrected chi connectivity index (χ1v) is 9.68. The van der Waals surface area contributed by atoms with E-state index in [1.165, 1.54) is 4.88 Å². The third-order valence-electron chi connectivity index (χ3n) is 4.50.